The summed E-state index contributed by atoms with van der Waals surface area (Å²) in [6.45, 7) is 4.05. The molecule has 2 amide bonds. The van der Waals surface area contributed by atoms with E-state index in [0.717, 1.165) is 12.8 Å². The van der Waals surface area contributed by atoms with Gasteiger partial charge >= 0.3 is 6.03 Å². The molecule has 0 aliphatic heterocycles. The van der Waals surface area contributed by atoms with Crippen molar-refractivity contribution < 1.29 is 9.53 Å². The van der Waals surface area contributed by atoms with Crippen LogP contribution in [-0.2, 0) is 11.2 Å². The number of urea groups is 1. The second kappa shape index (κ2) is 8.53. The minimum Gasteiger partial charge on any atom is -0.385 e. The Morgan fingerprint density at radius 1 is 1.22 bits per heavy atom. The quantitative estimate of drug-likeness (QED) is 0.726. The van der Waals surface area contributed by atoms with Crippen molar-refractivity contribution in [2.24, 2.45) is 0 Å². The fourth-order valence-corrected chi connectivity index (χ4v) is 1.68. The highest BCUT2D eigenvalue weighted by Gasteiger charge is 2.00. The van der Waals surface area contributed by atoms with E-state index in [0.29, 0.717) is 19.7 Å². The molecular formula is C14H22N2O2. The normalized spacial score (nSPS) is 10.1. The number of carbonyl (C=O) groups excluding carboxylic acids is 1. The first-order valence-electron chi connectivity index (χ1n) is 6.29. The summed E-state index contributed by atoms with van der Waals surface area (Å²) < 4.78 is 4.90. The van der Waals surface area contributed by atoms with Crippen LogP contribution in [0.25, 0.3) is 0 Å². The van der Waals surface area contributed by atoms with Gasteiger partial charge < -0.3 is 15.4 Å². The van der Waals surface area contributed by atoms with Crippen LogP contribution in [-0.4, -0.2) is 32.8 Å². The van der Waals surface area contributed by atoms with Gasteiger partial charge in [-0.15, -0.1) is 0 Å². The summed E-state index contributed by atoms with van der Waals surface area (Å²) in [5.74, 6) is 0. The Balaban J connectivity index is 2.14. The van der Waals surface area contributed by atoms with Crippen LogP contribution in [0.5, 0.6) is 0 Å². The molecule has 0 aliphatic carbocycles. The standard InChI is InChI=1S/C14H22N2O2/c1-12-6-3-4-7-13(12)8-10-16-14(17)15-9-5-11-18-2/h3-4,6-7H,5,8-11H2,1-2H3,(H2,15,16,17). The van der Waals surface area contributed by atoms with Gasteiger partial charge in [0.05, 0.1) is 0 Å². The average molecular weight is 250 g/mol. The molecule has 2 N–H and O–H groups in total. The zero-order chi connectivity index (χ0) is 13.2. The minimum absolute atomic E-state index is 0.111. The van der Waals surface area contributed by atoms with Gasteiger partial charge in [0.15, 0.2) is 0 Å². The lowest BCUT2D eigenvalue weighted by molar-refractivity contribution is 0.193. The van der Waals surface area contributed by atoms with Crippen molar-refractivity contribution in [3.05, 3.63) is 35.4 Å². The van der Waals surface area contributed by atoms with Gasteiger partial charge in [-0.3, -0.25) is 0 Å². The van der Waals surface area contributed by atoms with E-state index in [2.05, 4.69) is 29.7 Å². The summed E-state index contributed by atoms with van der Waals surface area (Å²) in [5.41, 5.74) is 2.54. The molecule has 18 heavy (non-hydrogen) atoms. The lowest BCUT2D eigenvalue weighted by Gasteiger charge is -2.08. The number of amides is 2. The van der Waals surface area contributed by atoms with Gasteiger partial charge in [-0.1, -0.05) is 24.3 Å². The predicted molar refractivity (Wildman–Crippen MR) is 72.8 cm³/mol. The van der Waals surface area contributed by atoms with Crippen LogP contribution >= 0.6 is 0 Å². The van der Waals surface area contributed by atoms with Crippen molar-refractivity contribution in [3.63, 3.8) is 0 Å². The van der Waals surface area contributed by atoms with Crippen LogP contribution in [0.4, 0.5) is 4.79 Å². The van der Waals surface area contributed by atoms with Gasteiger partial charge in [0.2, 0.25) is 0 Å². The van der Waals surface area contributed by atoms with Gasteiger partial charge in [-0.2, -0.15) is 0 Å². The van der Waals surface area contributed by atoms with Crippen molar-refractivity contribution in [2.45, 2.75) is 19.8 Å². The third kappa shape index (κ3) is 5.68. The fourth-order valence-electron chi connectivity index (χ4n) is 1.68. The first kappa shape index (κ1) is 14.5. The molecule has 0 aliphatic rings. The third-order valence-electron chi connectivity index (χ3n) is 2.75. The molecule has 0 heterocycles. The van der Waals surface area contributed by atoms with Crippen molar-refractivity contribution >= 4 is 6.03 Å². The molecule has 100 valence electrons. The van der Waals surface area contributed by atoms with E-state index in [4.69, 9.17) is 4.74 Å². The molecule has 1 aromatic carbocycles. The van der Waals surface area contributed by atoms with Crippen LogP contribution in [0.3, 0.4) is 0 Å². The Morgan fingerprint density at radius 2 is 1.94 bits per heavy atom. The predicted octanol–water partition coefficient (Wildman–Crippen LogP) is 1.87. The number of hydrogen-bond acceptors (Lipinski definition) is 2. The molecule has 0 atom stereocenters. The number of methoxy groups -OCH3 is 1. The van der Waals surface area contributed by atoms with Crippen molar-refractivity contribution in [2.75, 3.05) is 26.8 Å². The van der Waals surface area contributed by atoms with Gasteiger partial charge in [0.1, 0.15) is 0 Å². The molecule has 4 nitrogen and oxygen atoms in total. The van der Waals surface area contributed by atoms with E-state index in [1.165, 1.54) is 11.1 Å². The van der Waals surface area contributed by atoms with E-state index in [-0.39, 0.29) is 6.03 Å². The van der Waals surface area contributed by atoms with Crippen LogP contribution < -0.4 is 10.6 Å². The summed E-state index contributed by atoms with van der Waals surface area (Å²) in [5, 5.41) is 5.63. The number of hydrogen-bond donors (Lipinski definition) is 2. The topological polar surface area (TPSA) is 50.4 Å². The van der Waals surface area contributed by atoms with Gasteiger partial charge in [0.25, 0.3) is 0 Å². The number of nitrogens with one attached hydrogen (secondary N) is 2. The molecule has 0 saturated carbocycles. The van der Waals surface area contributed by atoms with Crippen LogP contribution in [0.2, 0.25) is 0 Å². The number of rotatable bonds is 7. The monoisotopic (exact) mass is 250 g/mol. The van der Waals surface area contributed by atoms with E-state index < -0.39 is 0 Å². The lowest BCUT2D eigenvalue weighted by Crippen LogP contribution is -2.37. The molecule has 0 radical (unpaired) electrons. The molecular weight excluding hydrogens is 228 g/mol. The Hall–Kier alpha value is -1.55. The van der Waals surface area contributed by atoms with Gasteiger partial charge in [-0.05, 0) is 30.9 Å². The van der Waals surface area contributed by atoms with Crippen molar-refractivity contribution in [3.8, 4) is 0 Å². The second-order valence-corrected chi connectivity index (χ2v) is 4.21. The summed E-state index contributed by atoms with van der Waals surface area (Å²) in [4.78, 5) is 11.4. The maximum absolute atomic E-state index is 11.4. The third-order valence-corrected chi connectivity index (χ3v) is 2.75. The van der Waals surface area contributed by atoms with E-state index in [1.54, 1.807) is 7.11 Å². The van der Waals surface area contributed by atoms with Crippen molar-refractivity contribution in [1.29, 1.82) is 0 Å². The Kier molecular flexibility index (Phi) is 6.87. The Morgan fingerprint density at radius 3 is 2.67 bits per heavy atom. The molecule has 0 aromatic heterocycles. The molecule has 0 saturated heterocycles. The summed E-state index contributed by atoms with van der Waals surface area (Å²) in [6.07, 6.45) is 1.69. The second-order valence-electron chi connectivity index (χ2n) is 4.21. The fraction of sp³-hybridized carbons (Fsp3) is 0.500. The van der Waals surface area contributed by atoms with Crippen LogP contribution in [0.1, 0.15) is 17.5 Å². The summed E-state index contributed by atoms with van der Waals surface area (Å²) in [7, 11) is 1.66. The SMILES string of the molecule is COCCCNC(=O)NCCc1ccccc1C. The molecule has 1 rings (SSSR count). The molecule has 0 bridgehead atoms. The first-order valence-corrected chi connectivity index (χ1v) is 6.29. The van der Waals surface area contributed by atoms with Crippen LogP contribution in [0.15, 0.2) is 24.3 Å². The molecule has 0 unspecified atom stereocenters. The Bertz CT molecular complexity index is 367. The van der Waals surface area contributed by atoms with Crippen LogP contribution in [0, 0.1) is 6.92 Å². The van der Waals surface area contributed by atoms with Crippen molar-refractivity contribution in [1.82, 2.24) is 10.6 Å². The average Bonchev–Trinajstić information content (AvgIpc) is 2.37. The number of ether oxygens (including phenoxy) is 1. The first-order chi connectivity index (χ1) is 8.74. The smallest absolute Gasteiger partial charge is 0.314 e. The van der Waals surface area contributed by atoms with Gasteiger partial charge in [-0.25, -0.2) is 4.79 Å². The highest BCUT2D eigenvalue weighted by Crippen LogP contribution is 2.06. The molecule has 0 fully saturated rings. The summed E-state index contributed by atoms with van der Waals surface area (Å²) in [6, 6.07) is 8.11. The zero-order valence-electron chi connectivity index (χ0n) is 11.2. The highest BCUT2D eigenvalue weighted by molar-refractivity contribution is 5.73. The zero-order valence-corrected chi connectivity index (χ0v) is 11.2. The van der Waals surface area contributed by atoms with E-state index >= 15 is 0 Å². The largest absolute Gasteiger partial charge is 0.385 e. The number of carbonyl (C=O) groups is 1. The van der Waals surface area contributed by atoms with E-state index in [9.17, 15) is 4.79 Å². The Labute approximate surface area is 109 Å². The number of aryl methyl sites for hydroxylation is 1. The summed E-state index contributed by atoms with van der Waals surface area (Å²) >= 11 is 0. The van der Waals surface area contributed by atoms with E-state index in [1.807, 2.05) is 12.1 Å². The maximum Gasteiger partial charge on any atom is 0.314 e. The van der Waals surface area contributed by atoms with Gasteiger partial charge in [0, 0.05) is 26.8 Å². The highest BCUT2D eigenvalue weighted by atomic mass is 16.5. The minimum atomic E-state index is -0.111. The molecule has 1 aromatic rings. The molecule has 4 heteroatoms. The maximum atomic E-state index is 11.4. The molecule has 0 spiro atoms. The lowest BCUT2D eigenvalue weighted by atomic mass is 10.1. The number of benzene rings is 1.